The Labute approximate surface area is 315 Å². The summed E-state index contributed by atoms with van der Waals surface area (Å²) in [6.45, 7) is 2.26. The van der Waals surface area contributed by atoms with E-state index in [1.807, 2.05) is 61.8 Å². The molecule has 1 aromatic heterocycles. The number of amides is 3. The van der Waals surface area contributed by atoms with Crippen molar-refractivity contribution in [3.63, 3.8) is 0 Å². The van der Waals surface area contributed by atoms with E-state index in [4.69, 9.17) is 21.2 Å². The van der Waals surface area contributed by atoms with Crippen LogP contribution in [0.4, 0.5) is 13.4 Å². The van der Waals surface area contributed by atoms with E-state index in [0.29, 0.717) is 40.7 Å². The number of carbonyl (C=O) groups excluding carboxylic acids is 4. The summed E-state index contributed by atoms with van der Waals surface area (Å²) in [6.07, 6.45) is 1.63. The second-order valence-corrected chi connectivity index (χ2v) is 13.8. The fourth-order valence-corrected chi connectivity index (χ4v) is 7.37. The third-order valence-corrected chi connectivity index (χ3v) is 9.76. The predicted molar refractivity (Wildman–Crippen MR) is 202 cm³/mol. The Balaban J connectivity index is 1.11. The fraction of sp³-hybridized carbons (Fsp3) is 0.256. The number of allylic oxidation sites excluding steroid dienone is 3. The van der Waals surface area contributed by atoms with Crippen LogP contribution in [-0.4, -0.2) is 64.7 Å². The lowest BCUT2D eigenvalue weighted by Gasteiger charge is -2.34. The third-order valence-electron chi connectivity index (χ3n) is 9.51. The molecule has 4 aromatic rings. The highest BCUT2D eigenvalue weighted by Crippen LogP contribution is 2.43. The Morgan fingerprint density at radius 3 is 2.44 bits per heavy atom. The zero-order valence-corrected chi connectivity index (χ0v) is 30.9. The molecule has 1 atom stereocenters. The lowest BCUT2D eigenvalue weighted by Crippen LogP contribution is -2.51. The molecule has 0 fully saturated rings. The van der Waals surface area contributed by atoms with Gasteiger partial charge in [-0.25, -0.2) is 9.59 Å². The van der Waals surface area contributed by atoms with E-state index < -0.39 is 43.4 Å². The maximum atomic E-state index is 15.9. The van der Waals surface area contributed by atoms with Crippen molar-refractivity contribution in [3.05, 3.63) is 123 Å². The molecule has 3 aromatic carbocycles. The van der Waals surface area contributed by atoms with Gasteiger partial charge in [0, 0.05) is 41.3 Å². The number of hydrogen-bond acceptors (Lipinski definition) is 6. The smallest absolute Gasteiger partial charge is 0.450 e. The fourth-order valence-electron chi connectivity index (χ4n) is 7.24. The molecule has 3 N–H and O–H groups in total. The van der Waals surface area contributed by atoms with Gasteiger partial charge in [-0.15, -0.1) is 0 Å². The molecule has 0 radical (unpaired) electrons. The number of hydroxylamine groups is 1. The molecule has 3 amide bonds. The molecule has 6 rings (SSSR count). The number of hydrogen-bond donors (Lipinski definition) is 3. The Hall–Kier alpha value is -5.76. The van der Waals surface area contributed by atoms with E-state index in [1.165, 1.54) is 24.3 Å². The molecule has 0 saturated heterocycles. The van der Waals surface area contributed by atoms with Crippen LogP contribution in [0.25, 0.3) is 16.3 Å². The monoisotopic (exact) mass is 757 g/mol. The molecule has 15 heteroatoms. The lowest BCUT2D eigenvalue weighted by molar-refractivity contribution is -0.363. The summed E-state index contributed by atoms with van der Waals surface area (Å²) in [5.74, 6) is -2.33. The van der Waals surface area contributed by atoms with E-state index >= 15 is 8.63 Å². The van der Waals surface area contributed by atoms with Crippen LogP contribution in [0, 0.1) is 13.8 Å². The molecule has 11 nitrogen and oxygen atoms in total. The minimum absolute atomic E-state index is 0.0572. The normalized spacial score (nSPS) is 14.9. The van der Waals surface area contributed by atoms with Gasteiger partial charge in [0.05, 0.1) is 18.7 Å². The molecule has 0 aliphatic carbocycles. The summed E-state index contributed by atoms with van der Waals surface area (Å²) < 4.78 is 39.6. The number of ether oxygens (including phenoxy) is 1. The number of aromatic nitrogens is 1. The molecule has 2 aliphatic heterocycles. The van der Waals surface area contributed by atoms with Gasteiger partial charge in [-0.2, -0.15) is 5.48 Å². The Kier molecular flexibility index (Phi) is 11.0. The number of nitrogens with one attached hydrogen (secondary N) is 3. The van der Waals surface area contributed by atoms with E-state index in [0.717, 1.165) is 42.0 Å². The minimum Gasteiger partial charge on any atom is -0.450 e. The van der Waals surface area contributed by atoms with Crippen LogP contribution in [0.3, 0.4) is 0 Å². The van der Waals surface area contributed by atoms with Crippen molar-refractivity contribution in [1.29, 1.82) is 0 Å². The van der Waals surface area contributed by atoms with Crippen molar-refractivity contribution in [2.45, 2.75) is 53.0 Å². The highest BCUT2D eigenvalue weighted by atomic mass is 35.5. The summed E-state index contributed by atoms with van der Waals surface area (Å²) in [6, 6.07) is 19.6. The maximum Gasteiger partial charge on any atom is 0.737 e. The second kappa shape index (κ2) is 15.7. The molecule has 54 heavy (non-hydrogen) atoms. The Morgan fingerprint density at radius 1 is 0.963 bits per heavy atom. The van der Waals surface area contributed by atoms with Crippen LogP contribution in [0.1, 0.15) is 59.6 Å². The van der Waals surface area contributed by atoms with Gasteiger partial charge in [0.25, 0.3) is 5.91 Å². The van der Waals surface area contributed by atoms with Crippen LogP contribution in [0.5, 0.6) is 0 Å². The molecule has 280 valence electrons. The molecular formula is C39H39BClF2N5O6. The number of carbonyl (C=O) groups is 4. The van der Waals surface area contributed by atoms with E-state index in [-0.39, 0.29) is 18.6 Å². The zero-order valence-electron chi connectivity index (χ0n) is 30.2. The zero-order chi connectivity index (χ0) is 38.7. The van der Waals surface area contributed by atoms with Crippen molar-refractivity contribution >= 4 is 64.5 Å². The summed E-state index contributed by atoms with van der Waals surface area (Å²) in [7, 11) is 0. The van der Waals surface area contributed by atoms with Gasteiger partial charge in [-0.3, -0.25) is 9.59 Å². The average Bonchev–Trinajstić information content (AvgIpc) is 3.63. The standard InChI is InChI=1S/C39H39BClF2N5O6/c1-23-19-25(3)47-35(23)32(36-24(2)20-26(4)48(36)40(47,42)43)13-8-18-53-39(52)45-33(21-29-11-7-10-27-9-5-6-12-31(27)29)37(50)44-22-34(49)46-54-38(51)28-14-16-30(41)17-15-28/h5-7,9-12,14-17,19-20,33H,8,13,18,21-22H2,1-4H3,(H,44,50)(H,45,52)(H,46,49)/t33-/m0/s1. The minimum atomic E-state index is -4.09. The second-order valence-electron chi connectivity index (χ2n) is 13.4. The molecule has 0 spiro atoms. The van der Waals surface area contributed by atoms with Gasteiger partial charge in [0.15, 0.2) is 5.70 Å². The molecule has 0 unspecified atom stereocenters. The topological polar surface area (TPSA) is 131 Å². The molecule has 0 saturated carbocycles. The lowest BCUT2D eigenvalue weighted by atomic mass is 9.85. The summed E-state index contributed by atoms with van der Waals surface area (Å²) in [5.41, 5.74) is 7.02. The highest BCUT2D eigenvalue weighted by Gasteiger charge is 2.54. The predicted octanol–water partition coefficient (Wildman–Crippen LogP) is 6.41. The summed E-state index contributed by atoms with van der Waals surface area (Å²) >= 11 is 5.84. The number of fused-ring (bicyclic) bond motifs is 3. The van der Waals surface area contributed by atoms with Crippen molar-refractivity contribution < 1.29 is 41.9 Å². The van der Waals surface area contributed by atoms with Crippen molar-refractivity contribution in [2.75, 3.05) is 13.2 Å². The van der Waals surface area contributed by atoms with Gasteiger partial charge >= 0.3 is 19.0 Å². The molecule has 0 bridgehead atoms. The first-order chi connectivity index (χ1) is 25.8. The summed E-state index contributed by atoms with van der Waals surface area (Å²) in [5, 5.41) is 7.34. The van der Waals surface area contributed by atoms with E-state index in [1.54, 1.807) is 26.0 Å². The first-order valence-electron chi connectivity index (χ1n) is 17.5. The van der Waals surface area contributed by atoms with Crippen LogP contribution < -0.4 is 16.1 Å². The van der Waals surface area contributed by atoms with Crippen LogP contribution >= 0.6 is 11.6 Å². The first kappa shape index (κ1) is 38.0. The van der Waals surface area contributed by atoms with Gasteiger partial charge in [0.1, 0.15) is 11.8 Å². The number of rotatable bonds is 11. The van der Waals surface area contributed by atoms with Crippen molar-refractivity contribution in [1.82, 2.24) is 20.6 Å². The van der Waals surface area contributed by atoms with Gasteiger partial charge in [0.2, 0.25) is 5.91 Å². The van der Waals surface area contributed by atoms with Gasteiger partial charge < -0.3 is 37.8 Å². The quantitative estimate of drug-likeness (QED) is 0.0921. The third kappa shape index (κ3) is 7.79. The largest absolute Gasteiger partial charge is 0.737 e. The number of alkyl carbamates (subject to hydrolysis) is 1. The van der Waals surface area contributed by atoms with Crippen molar-refractivity contribution in [2.24, 2.45) is 0 Å². The van der Waals surface area contributed by atoms with Crippen LogP contribution in [0.2, 0.25) is 5.02 Å². The number of halogens is 3. The Bertz CT molecular complexity index is 2260. The number of aryl methyl sites for hydroxylation is 2. The van der Waals surface area contributed by atoms with Gasteiger partial charge in [-0.1, -0.05) is 54.1 Å². The van der Waals surface area contributed by atoms with E-state index in [9.17, 15) is 19.2 Å². The Morgan fingerprint density at radius 2 is 1.69 bits per heavy atom. The SMILES string of the molecule is CC1=CC(C)=[N+]2C1=C(CCCOC(=O)N[C@@H](Cc1cccc3ccccc13)C(=O)NCC(=O)NOC(=O)c1ccc(Cl)cc1)c1c(C)cc(C)n1[B-]2(F)F. The molecule has 3 heterocycles. The maximum absolute atomic E-state index is 15.9. The number of benzene rings is 3. The number of nitrogens with zero attached hydrogens (tertiary/aromatic N) is 2. The highest BCUT2D eigenvalue weighted by molar-refractivity contribution is 6.58. The molecular weight excluding hydrogens is 719 g/mol. The van der Waals surface area contributed by atoms with Gasteiger partial charge in [-0.05, 0) is 91.5 Å². The van der Waals surface area contributed by atoms with E-state index in [2.05, 4.69) is 10.6 Å². The first-order valence-corrected chi connectivity index (χ1v) is 17.8. The average molecular weight is 758 g/mol. The molecule has 2 aliphatic rings. The van der Waals surface area contributed by atoms with Crippen LogP contribution in [-0.2, 0) is 25.6 Å². The summed E-state index contributed by atoms with van der Waals surface area (Å²) in [4.78, 5) is 56.2. The van der Waals surface area contributed by atoms with Crippen molar-refractivity contribution in [3.8, 4) is 0 Å². The van der Waals surface area contributed by atoms with Crippen LogP contribution in [0.15, 0.2) is 90.1 Å².